The molecule has 0 aliphatic carbocycles. The van der Waals surface area contributed by atoms with E-state index in [1.54, 1.807) is 9.80 Å². The molecule has 0 saturated carbocycles. The Kier molecular flexibility index (Phi) is 9.28. The van der Waals surface area contributed by atoms with Crippen LogP contribution in [-0.2, 0) is 29.2 Å². The zero-order chi connectivity index (χ0) is 31.6. The Balaban J connectivity index is 0.000000616. The third-order valence-corrected chi connectivity index (χ3v) is 6.65. The lowest BCUT2D eigenvalue weighted by molar-refractivity contribution is -0.192. The van der Waals surface area contributed by atoms with Gasteiger partial charge in [0.05, 0.1) is 17.3 Å². The monoisotopic (exact) mass is 598 g/mol. The molecule has 42 heavy (non-hydrogen) atoms. The van der Waals surface area contributed by atoms with E-state index in [1.807, 2.05) is 38.4 Å². The standard InChI is InChI=1S/C26H31F3N6.C2HF3O2/c1-25(2,3)17-10-8-16(9-11-17)21-15-20-18(22(30)33-24(32-20)34(4)5)12-14-35(21)23-19(26(27,28)29)7-6-13-31-23;3-2(4,5)1(6)7/h6-11,13,21H,12,14-15H2,1-5H3,(H2,30,32,33);(H,6,7). The fourth-order valence-corrected chi connectivity index (χ4v) is 4.46. The Labute approximate surface area is 239 Å². The molecule has 1 aliphatic rings. The number of alkyl halides is 6. The van der Waals surface area contributed by atoms with Crippen LogP contribution in [0.4, 0.5) is 43.9 Å². The molecule has 14 heteroatoms. The van der Waals surface area contributed by atoms with Crippen molar-refractivity contribution in [2.45, 2.75) is 57.4 Å². The third kappa shape index (κ3) is 7.59. The van der Waals surface area contributed by atoms with E-state index in [0.717, 1.165) is 28.5 Å². The highest BCUT2D eigenvalue weighted by atomic mass is 19.4. The number of benzene rings is 1. The number of hydrogen-bond donors (Lipinski definition) is 2. The van der Waals surface area contributed by atoms with E-state index in [0.29, 0.717) is 31.2 Å². The summed E-state index contributed by atoms with van der Waals surface area (Å²) in [5, 5.41) is 7.12. The summed E-state index contributed by atoms with van der Waals surface area (Å²) in [5.74, 6) is -2.01. The summed E-state index contributed by atoms with van der Waals surface area (Å²) < 4.78 is 73.7. The van der Waals surface area contributed by atoms with Gasteiger partial charge >= 0.3 is 18.3 Å². The minimum absolute atomic E-state index is 0.0407. The van der Waals surface area contributed by atoms with Gasteiger partial charge in [0.1, 0.15) is 11.6 Å². The van der Waals surface area contributed by atoms with Gasteiger partial charge in [0, 0.05) is 38.8 Å². The molecule has 0 radical (unpaired) electrons. The van der Waals surface area contributed by atoms with Crippen molar-refractivity contribution in [2.75, 3.05) is 36.2 Å². The number of nitrogen functional groups attached to an aromatic ring is 1. The van der Waals surface area contributed by atoms with E-state index in [9.17, 15) is 26.3 Å². The van der Waals surface area contributed by atoms with Gasteiger partial charge in [-0.2, -0.15) is 31.3 Å². The summed E-state index contributed by atoms with van der Waals surface area (Å²) >= 11 is 0. The third-order valence-electron chi connectivity index (χ3n) is 6.65. The van der Waals surface area contributed by atoms with Crippen LogP contribution in [0.3, 0.4) is 0 Å². The van der Waals surface area contributed by atoms with Gasteiger partial charge in [0.15, 0.2) is 0 Å². The Bertz CT molecular complexity index is 1400. The van der Waals surface area contributed by atoms with E-state index in [4.69, 9.17) is 20.6 Å². The summed E-state index contributed by atoms with van der Waals surface area (Å²) in [6, 6.07) is 10.1. The quantitative estimate of drug-likeness (QED) is 0.364. The molecule has 0 amide bonds. The number of nitrogens with zero attached hydrogens (tertiary/aromatic N) is 5. The highest BCUT2D eigenvalue weighted by Gasteiger charge is 2.39. The predicted octanol–water partition coefficient (Wildman–Crippen LogP) is 5.82. The van der Waals surface area contributed by atoms with Crippen molar-refractivity contribution in [1.82, 2.24) is 15.0 Å². The lowest BCUT2D eigenvalue weighted by atomic mass is 9.86. The molecule has 3 N–H and O–H groups in total. The van der Waals surface area contributed by atoms with Crippen LogP contribution in [0.25, 0.3) is 0 Å². The van der Waals surface area contributed by atoms with Gasteiger partial charge in [-0.25, -0.2) is 14.8 Å². The van der Waals surface area contributed by atoms with Gasteiger partial charge in [-0.15, -0.1) is 0 Å². The number of carbonyl (C=O) groups is 1. The molecule has 8 nitrogen and oxygen atoms in total. The lowest BCUT2D eigenvalue weighted by Gasteiger charge is -2.33. The molecule has 1 aromatic carbocycles. The molecule has 0 fully saturated rings. The first-order valence-electron chi connectivity index (χ1n) is 12.8. The molecule has 3 heterocycles. The Morgan fingerprint density at radius 3 is 2.12 bits per heavy atom. The first-order chi connectivity index (χ1) is 19.3. The summed E-state index contributed by atoms with van der Waals surface area (Å²) in [6.07, 6.45) is -7.41. The smallest absolute Gasteiger partial charge is 0.475 e. The second-order valence-electron chi connectivity index (χ2n) is 10.9. The zero-order valence-corrected chi connectivity index (χ0v) is 23.7. The fourth-order valence-electron chi connectivity index (χ4n) is 4.46. The maximum absolute atomic E-state index is 14.0. The van der Waals surface area contributed by atoms with E-state index in [1.165, 1.54) is 12.3 Å². The summed E-state index contributed by atoms with van der Waals surface area (Å²) in [4.78, 5) is 25.7. The molecule has 1 aliphatic heterocycles. The van der Waals surface area contributed by atoms with Crippen LogP contribution in [0.5, 0.6) is 0 Å². The summed E-state index contributed by atoms with van der Waals surface area (Å²) in [6.45, 7) is 6.68. The number of carboxylic acids is 1. The van der Waals surface area contributed by atoms with Crippen molar-refractivity contribution in [2.24, 2.45) is 0 Å². The summed E-state index contributed by atoms with van der Waals surface area (Å²) in [5.41, 5.74) is 9.07. The SMILES string of the molecule is CN(C)c1nc(N)c2c(n1)CC(c1ccc(C(C)(C)C)cc1)N(c1ncccc1C(F)(F)F)CC2.O=C(O)C(F)(F)F. The Hall–Kier alpha value is -4.10. The van der Waals surface area contributed by atoms with Gasteiger partial charge in [0.2, 0.25) is 5.95 Å². The van der Waals surface area contributed by atoms with Crippen LogP contribution in [0.2, 0.25) is 0 Å². The highest BCUT2D eigenvalue weighted by Crippen LogP contribution is 2.41. The van der Waals surface area contributed by atoms with Gasteiger partial charge in [0.25, 0.3) is 0 Å². The van der Waals surface area contributed by atoms with Crippen LogP contribution in [0.15, 0.2) is 42.6 Å². The second kappa shape index (κ2) is 12.0. The van der Waals surface area contributed by atoms with Crippen LogP contribution in [0, 0.1) is 0 Å². The normalized spacial score (nSPS) is 15.7. The fraction of sp³-hybridized carbons (Fsp3) is 0.429. The first kappa shape index (κ1) is 32.4. The number of aliphatic carboxylic acids is 1. The van der Waals surface area contributed by atoms with Crippen LogP contribution < -0.4 is 15.5 Å². The molecule has 2 aromatic heterocycles. The minimum Gasteiger partial charge on any atom is -0.475 e. The molecular formula is C28H32F6N6O2. The molecule has 3 aromatic rings. The number of hydrogen-bond acceptors (Lipinski definition) is 7. The predicted molar refractivity (Wildman–Crippen MR) is 146 cm³/mol. The van der Waals surface area contributed by atoms with Gasteiger partial charge in [-0.3, -0.25) is 0 Å². The number of carboxylic acid groups (broad SMARTS) is 1. The molecule has 0 spiro atoms. The van der Waals surface area contributed by atoms with Crippen molar-refractivity contribution < 1.29 is 36.2 Å². The summed E-state index contributed by atoms with van der Waals surface area (Å²) in [7, 11) is 3.66. The average Bonchev–Trinajstić information content (AvgIpc) is 3.08. The molecule has 1 unspecified atom stereocenters. The van der Waals surface area contributed by atoms with Crippen molar-refractivity contribution in [1.29, 1.82) is 0 Å². The number of fused-ring (bicyclic) bond motifs is 1. The van der Waals surface area contributed by atoms with Gasteiger partial charge in [-0.05, 0) is 35.1 Å². The van der Waals surface area contributed by atoms with Crippen molar-refractivity contribution in [3.63, 3.8) is 0 Å². The van der Waals surface area contributed by atoms with Gasteiger partial charge in [-0.1, -0.05) is 45.0 Å². The number of nitrogens with two attached hydrogens (primary N) is 1. The van der Waals surface area contributed by atoms with E-state index in [2.05, 4.69) is 30.7 Å². The van der Waals surface area contributed by atoms with Crippen molar-refractivity contribution >= 4 is 23.6 Å². The minimum atomic E-state index is -5.08. The zero-order valence-electron chi connectivity index (χ0n) is 23.7. The average molecular weight is 599 g/mol. The molecule has 0 saturated heterocycles. The van der Waals surface area contributed by atoms with E-state index < -0.39 is 29.9 Å². The molecular weight excluding hydrogens is 566 g/mol. The number of pyridine rings is 1. The van der Waals surface area contributed by atoms with Crippen LogP contribution >= 0.6 is 0 Å². The maximum atomic E-state index is 14.0. The molecule has 228 valence electrons. The molecule has 0 bridgehead atoms. The topological polar surface area (TPSA) is 108 Å². The Morgan fingerprint density at radius 2 is 1.62 bits per heavy atom. The largest absolute Gasteiger partial charge is 0.490 e. The number of anilines is 3. The van der Waals surface area contributed by atoms with Crippen LogP contribution in [0.1, 0.15) is 54.8 Å². The first-order valence-corrected chi connectivity index (χ1v) is 12.8. The van der Waals surface area contributed by atoms with Crippen molar-refractivity contribution in [3.8, 4) is 0 Å². The Morgan fingerprint density at radius 1 is 1.02 bits per heavy atom. The van der Waals surface area contributed by atoms with Crippen molar-refractivity contribution in [3.05, 3.63) is 70.5 Å². The number of rotatable bonds is 3. The maximum Gasteiger partial charge on any atom is 0.490 e. The van der Waals surface area contributed by atoms with Crippen LogP contribution in [-0.4, -0.2) is 52.8 Å². The van der Waals surface area contributed by atoms with Gasteiger partial charge < -0.3 is 20.6 Å². The second-order valence-corrected chi connectivity index (χ2v) is 10.9. The van der Waals surface area contributed by atoms with E-state index >= 15 is 0 Å². The molecule has 1 atom stereocenters. The lowest BCUT2D eigenvalue weighted by Crippen LogP contribution is -2.33. The molecule has 4 rings (SSSR count). The van der Waals surface area contributed by atoms with E-state index in [-0.39, 0.29) is 11.2 Å². The highest BCUT2D eigenvalue weighted by molar-refractivity contribution is 5.73. The number of halogens is 6. The number of aromatic nitrogens is 3.